The fourth-order valence-electron chi connectivity index (χ4n) is 1.55. The Balaban J connectivity index is 2.11. The largest absolute Gasteiger partial charge is 0.497 e. The molecule has 5 heteroatoms. The van der Waals surface area contributed by atoms with E-state index in [1.165, 1.54) is 0 Å². The van der Waals surface area contributed by atoms with Gasteiger partial charge in [0.05, 0.1) is 33.0 Å². The maximum atomic E-state index is 9.66. The summed E-state index contributed by atoms with van der Waals surface area (Å²) in [7, 11) is 3.27. The van der Waals surface area contributed by atoms with Crippen molar-refractivity contribution in [2.75, 3.05) is 40.6 Å². The van der Waals surface area contributed by atoms with Crippen molar-refractivity contribution in [3.05, 3.63) is 29.8 Å². The van der Waals surface area contributed by atoms with E-state index in [9.17, 15) is 5.11 Å². The summed E-state index contributed by atoms with van der Waals surface area (Å²) < 4.78 is 15.2. The van der Waals surface area contributed by atoms with Crippen molar-refractivity contribution in [3.63, 3.8) is 0 Å². The Labute approximate surface area is 114 Å². The van der Waals surface area contributed by atoms with Crippen LogP contribution < -0.4 is 10.1 Å². The summed E-state index contributed by atoms with van der Waals surface area (Å²) in [5.41, 5.74) is 1.15. The van der Waals surface area contributed by atoms with Crippen LogP contribution in [-0.2, 0) is 16.0 Å². The first kappa shape index (κ1) is 15.9. The van der Waals surface area contributed by atoms with E-state index in [1.54, 1.807) is 14.2 Å². The van der Waals surface area contributed by atoms with E-state index in [0.717, 1.165) is 11.3 Å². The number of hydrogen-bond acceptors (Lipinski definition) is 5. The highest BCUT2D eigenvalue weighted by Crippen LogP contribution is 2.10. The molecule has 1 aromatic carbocycles. The lowest BCUT2D eigenvalue weighted by molar-refractivity contribution is 0.0137. The van der Waals surface area contributed by atoms with Gasteiger partial charge in [-0.15, -0.1) is 0 Å². The van der Waals surface area contributed by atoms with E-state index in [0.29, 0.717) is 32.9 Å². The van der Waals surface area contributed by atoms with Gasteiger partial charge in [-0.25, -0.2) is 0 Å². The molecule has 0 amide bonds. The molecule has 1 unspecified atom stereocenters. The summed E-state index contributed by atoms with van der Waals surface area (Å²) >= 11 is 0. The van der Waals surface area contributed by atoms with Crippen LogP contribution in [0.15, 0.2) is 24.3 Å². The van der Waals surface area contributed by atoms with E-state index in [4.69, 9.17) is 14.2 Å². The molecule has 0 bridgehead atoms. The molecule has 0 aliphatic heterocycles. The fourth-order valence-corrected chi connectivity index (χ4v) is 1.55. The molecule has 0 spiro atoms. The third-order valence-corrected chi connectivity index (χ3v) is 2.61. The summed E-state index contributed by atoms with van der Waals surface area (Å²) in [6.07, 6.45) is -0.505. The van der Waals surface area contributed by atoms with Gasteiger partial charge in [0.1, 0.15) is 5.75 Å². The van der Waals surface area contributed by atoms with Crippen LogP contribution in [0.2, 0.25) is 0 Å². The zero-order valence-corrected chi connectivity index (χ0v) is 11.6. The fraction of sp³-hybridized carbons (Fsp3) is 0.571. The van der Waals surface area contributed by atoms with Crippen LogP contribution in [-0.4, -0.2) is 51.8 Å². The molecule has 2 N–H and O–H groups in total. The number of aliphatic hydroxyl groups is 1. The number of benzene rings is 1. The number of methoxy groups -OCH3 is 2. The second-order valence-corrected chi connectivity index (χ2v) is 4.20. The molecule has 0 aromatic heterocycles. The lowest BCUT2D eigenvalue weighted by atomic mass is 10.2. The second-order valence-electron chi connectivity index (χ2n) is 4.20. The van der Waals surface area contributed by atoms with Gasteiger partial charge in [-0.05, 0) is 17.7 Å². The SMILES string of the molecule is COCCOCC(O)CNCc1ccc(OC)cc1. The Morgan fingerprint density at radius 1 is 1.16 bits per heavy atom. The van der Waals surface area contributed by atoms with E-state index < -0.39 is 6.10 Å². The van der Waals surface area contributed by atoms with Gasteiger partial charge < -0.3 is 24.6 Å². The molecule has 19 heavy (non-hydrogen) atoms. The minimum Gasteiger partial charge on any atom is -0.497 e. The Bertz CT molecular complexity index is 329. The first-order valence-corrected chi connectivity index (χ1v) is 6.34. The highest BCUT2D eigenvalue weighted by Gasteiger charge is 2.03. The molecule has 1 aromatic rings. The smallest absolute Gasteiger partial charge is 0.118 e. The Kier molecular flexibility index (Phi) is 8.16. The number of ether oxygens (including phenoxy) is 3. The van der Waals surface area contributed by atoms with Gasteiger partial charge in [-0.3, -0.25) is 0 Å². The van der Waals surface area contributed by atoms with Gasteiger partial charge in [-0.2, -0.15) is 0 Å². The van der Waals surface area contributed by atoms with Crippen LogP contribution in [0.3, 0.4) is 0 Å². The minimum absolute atomic E-state index is 0.318. The highest BCUT2D eigenvalue weighted by atomic mass is 16.5. The maximum Gasteiger partial charge on any atom is 0.118 e. The lowest BCUT2D eigenvalue weighted by Crippen LogP contribution is -2.30. The van der Waals surface area contributed by atoms with Gasteiger partial charge in [0.15, 0.2) is 0 Å². The van der Waals surface area contributed by atoms with Gasteiger partial charge >= 0.3 is 0 Å². The summed E-state index contributed by atoms with van der Waals surface area (Å²) in [6, 6.07) is 7.82. The molecule has 0 fully saturated rings. The topological polar surface area (TPSA) is 60.0 Å². The minimum atomic E-state index is -0.505. The lowest BCUT2D eigenvalue weighted by Gasteiger charge is -2.12. The van der Waals surface area contributed by atoms with E-state index in [1.807, 2.05) is 24.3 Å². The van der Waals surface area contributed by atoms with Crippen molar-refractivity contribution in [1.82, 2.24) is 5.32 Å². The van der Waals surface area contributed by atoms with Crippen LogP contribution in [0.5, 0.6) is 5.75 Å². The van der Waals surface area contributed by atoms with E-state index in [2.05, 4.69) is 5.32 Å². The van der Waals surface area contributed by atoms with Crippen molar-refractivity contribution in [2.45, 2.75) is 12.6 Å². The molecule has 0 heterocycles. The van der Waals surface area contributed by atoms with E-state index >= 15 is 0 Å². The standard InChI is InChI=1S/C14H23NO4/c1-17-7-8-19-11-13(16)10-15-9-12-3-5-14(18-2)6-4-12/h3-6,13,15-16H,7-11H2,1-2H3. The van der Waals surface area contributed by atoms with Crippen molar-refractivity contribution >= 4 is 0 Å². The molecule has 0 aliphatic rings. The first-order valence-electron chi connectivity index (χ1n) is 6.34. The monoisotopic (exact) mass is 269 g/mol. The second kappa shape index (κ2) is 9.75. The Morgan fingerprint density at radius 2 is 1.89 bits per heavy atom. The summed E-state index contributed by atoms with van der Waals surface area (Å²) in [5.74, 6) is 0.843. The van der Waals surface area contributed by atoms with Crippen LogP contribution in [0, 0.1) is 0 Å². The predicted octanol–water partition coefficient (Wildman–Crippen LogP) is 0.809. The molecule has 0 saturated heterocycles. The molecule has 1 atom stereocenters. The molecule has 108 valence electrons. The summed E-state index contributed by atoms with van der Waals surface area (Å²) in [6.45, 7) is 2.58. The van der Waals surface area contributed by atoms with Crippen LogP contribution in [0.4, 0.5) is 0 Å². The Hall–Kier alpha value is -1.14. The molecular formula is C14H23NO4. The van der Waals surface area contributed by atoms with Crippen LogP contribution >= 0.6 is 0 Å². The predicted molar refractivity (Wildman–Crippen MR) is 73.4 cm³/mol. The number of nitrogens with one attached hydrogen (secondary N) is 1. The molecule has 5 nitrogen and oxygen atoms in total. The van der Waals surface area contributed by atoms with E-state index in [-0.39, 0.29) is 0 Å². The van der Waals surface area contributed by atoms with Crippen LogP contribution in [0.1, 0.15) is 5.56 Å². The molecule has 0 radical (unpaired) electrons. The van der Waals surface area contributed by atoms with Gasteiger partial charge in [0.2, 0.25) is 0 Å². The van der Waals surface area contributed by atoms with Gasteiger partial charge in [0.25, 0.3) is 0 Å². The third-order valence-electron chi connectivity index (χ3n) is 2.61. The average molecular weight is 269 g/mol. The summed E-state index contributed by atoms with van der Waals surface area (Å²) in [4.78, 5) is 0. The Morgan fingerprint density at radius 3 is 2.53 bits per heavy atom. The van der Waals surface area contributed by atoms with Crippen molar-refractivity contribution in [2.24, 2.45) is 0 Å². The van der Waals surface area contributed by atoms with Crippen molar-refractivity contribution in [1.29, 1.82) is 0 Å². The number of hydrogen-bond donors (Lipinski definition) is 2. The van der Waals surface area contributed by atoms with Gasteiger partial charge in [0, 0.05) is 20.2 Å². The third kappa shape index (κ3) is 7.12. The maximum absolute atomic E-state index is 9.66. The average Bonchev–Trinajstić information content (AvgIpc) is 2.44. The molecule has 1 rings (SSSR count). The zero-order chi connectivity index (χ0) is 13.9. The highest BCUT2D eigenvalue weighted by molar-refractivity contribution is 5.26. The first-order chi connectivity index (χ1) is 9.26. The zero-order valence-electron chi connectivity index (χ0n) is 11.6. The quantitative estimate of drug-likeness (QED) is 0.616. The van der Waals surface area contributed by atoms with Crippen LogP contribution in [0.25, 0.3) is 0 Å². The van der Waals surface area contributed by atoms with Crippen molar-refractivity contribution in [3.8, 4) is 5.75 Å². The summed E-state index contributed by atoms with van der Waals surface area (Å²) in [5, 5.41) is 12.8. The number of aliphatic hydroxyl groups excluding tert-OH is 1. The number of rotatable bonds is 10. The normalized spacial score (nSPS) is 12.4. The van der Waals surface area contributed by atoms with Crippen molar-refractivity contribution < 1.29 is 19.3 Å². The van der Waals surface area contributed by atoms with Gasteiger partial charge in [-0.1, -0.05) is 12.1 Å². The molecular weight excluding hydrogens is 246 g/mol. The molecule has 0 saturated carbocycles. The molecule has 0 aliphatic carbocycles.